The smallest absolute Gasteiger partial charge is 0.281 e. The predicted octanol–water partition coefficient (Wildman–Crippen LogP) is 0.893. The fraction of sp³-hybridized carbons (Fsp3) is 1.00. The third-order valence-corrected chi connectivity index (χ3v) is 5.62. The van der Waals surface area contributed by atoms with E-state index in [9.17, 15) is 8.42 Å². The summed E-state index contributed by atoms with van der Waals surface area (Å²) in [6, 6.07) is 0.168. The van der Waals surface area contributed by atoms with E-state index >= 15 is 0 Å². The molecule has 0 spiro atoms. The van der Waals surface area contributed by atoms with E-state index in [0.717, 1.165) is 25.8 Å². The molecule has 1 aliphatic heterocycles. The fourth-order valence-electron chi connectivity index (χ4n) is 2.49. The first-order chi connectivity index (χ1) is 8.41. The summed E-state index contributed by atoms with van der Waals surface area (Å²) in [6.07, 6.45) is 2.81. The van der Waals surface area contributed by atoms with E-state index in [0.29, 0.717) is 19.0 Å². The molecule has 0 aliphatic carbocycles. The van der Waals surface area contributed by atoms with Gasteiger partial charge < -0.3 is 5.32 Å². The van der Waals surface area contributed by atoms with Gasteiger partial charge in [-0.1, -0.05) is 13.8 Å². The zero-order chi connectivity index (χ0) is 13.8. The lowest BCUT2D eigenvalue weighted by Crippen LogP contribution is -2.46. The largest absolute Gasteiger partial charge is 0.320 e. The highest BCUT2D eigenvalue weighted by atomic mass is 32.2. The van der Waals surface area contributed by atoms with Crippen molar-refractivity contribution in [2.24, 2.45) is 5.92 Å². The topological polar surface area (TPSA) is 52.7 Å². The Kier molecular flexibility index (Phi) is 6.04. The maximum Gasteiger partial charge on any atom is 0.281 e. The van der Waals surface area contributed by atoms with E-state index in [2.05, 4.69) is 19.2 Å². The summed E-state index contributed by atoms with van der Waals surface area (Å²) in [5, 5.41) is 3.04. The van der Waals surface area contributed by atoms with E-state index in [1.54, 1.807) is 11.4 Å². The Hall–Kier alpha value is -0.170. The van der Waals surface area contributed by atoms with E-state index < -0.39 is 10.2 Å². The molecule has 1 fully saturated rings. The minimum Gasteiger partial charge on any atom is -0.320 e. The molecule has 1 rings (SSSR count). The predicted molar refractivity (Wildman–Crippen MR) is 74.7 cm³/mol. The number of nitrogens with zero attached hydrogens (tertiary/aromatic N) is 2. The molecule has 0 amide bonds. The van der Waals surface area contributed by atoms with Crippen LogP contribution in [0.25, 0.3) is 0 Å². The third kappa shape index (κ3) is 3.66. The SMILES string of the molecule is CNCCCN(C)S(=O)(=O)N1CCCC1C(C)C. The second-order valence-electron chi connectivity index (χ2n) is 5.35. The summed E-state index contributed by atoms with van der Waals surface area (Å²) in [5.74, 6) is 0.382. The van der Waals surface area contributed by atoms with Crippen molar-refractivity contribution in [3.8, 4) is 0 Å². The average Bonchev–Trinajstić information content (AvgIpc) is 2.78. The molecule has 1 N–H and O–H groups in total. The van der Waals surface area contributed by atoms with Crippen molar-refractivity contribution < 1.29 is 8.42 Å². The zero-order valence-corrected chi connectivity index (χ0v) is 12.8. The van der Waals surface area contributed by atoms with Crippen molar-refractivity contribution in [2.75, 3.05) is 33.7 Å². The number of hydrogen-bond donors (Lipinski definition) is 1. The van der Waals surface area contributed by atoms with Gasteiger partial charge in [-0.25, -0.2) is 0 Å². The molecule has 0 bridgehead atoms. The second kappa shape index (κ2) is 6.84. The summed E-state index contributed by atoms with van der Waals surface area (Å²) >= 11 is 0. The first-order valence-electron chi connectivity index (χ1n) is 6.79. The Morgan fingerprint density at radius 1 is 1.44 bits per heavy atom. The van der Waals surface area contributed by atoms with Crippen LogP contribution in [-0.2, 0) is 10.2 Å². The molecule has 6 heteroatoms. The minimum atomic E-state index is -3.27. The van der Waals surface area contributed by atoms with E-state index in [1.165, 1.54) is 4.31 Å². The Morgan fingerprint density at radius 2 is 2.11 bits per heavy atom. The fourth-order valence-corrected chi connectivity index (χ4v) is 4.26. The molecule has 0 aromatic carbocycles. The summed E-state index contributed by atoms with van der Waals surface area (Å²) in [7, 11) is 0.286. The minimum absolute atomic E-state index is 0.168. The first kappa shape index (κ1) is 15.9. The van der Waals surface area contributed by atoms with E-state index in [4.69, 9.17) is 0 Å². The number of hydrogen-bond acceptors (Lipinski definition) is 3. The lowest BCUT2D eigenvalue weighted by Gasteiger charge is -2.30. The molecule has 5 nitrogen and oxygen atoms in total. The molecule has 1 unspecified atom stereocenters. The van der Waals surface area contributed by atoms with Gasteiger partial charge in [0.2, 0.25) is 0 Å². The summed E-state index contributed by atoms with van der Waals surface area (Å²) in [5.41, 5.74) is 0. The van der Waals surface area contributed by atoms with Crippen molar-refractivity contribution in [2.45, 2.75) is 39.2 Å². The highest BCUT2D eigenvalue weighted by molar-refractivity contribution is 7.86. The average molecular weight is 277 g/mol. The lowest BCUT2D eigenvalue weighted by molar-refractivity contribution is 0.291. The summed E-state index contributed by atoms with van der Waals surface area (Å²) in [4.78, 5) is 0. The molecule has 0 saturated carbocycles. The molecule has 1 heterocycles. The van der Waals surface area contributed by atoms with Crippen LogP contribution >= 0.6 is 0 Å². The van der Waals surface area contributed by atoms with E-state index in [1.807, 2.05) is 7.05 Å². The van der Waals surface area contributed by atoms with Gasteiger partial charge in [-0.15, -0.1) is 0 Å². The maximum atomic E-state index is 12.5. The van der Waals surface area contributed by atoms with Crippen molar-refractivity contribution in [1.82, 2.24) is 13.9 Å². The summed E-state index contributed by atoms with van der Waals surface area (Å²) in [6.45, 7) is 6.28. The van der Waals surface area contributed by atoms with Crippen LogP contribution in [0.1, 0.15) is 33.1 Å². The molecule has 18 heavy (non-hydrogen) atoms. The van der Waals surface area contributed by atoms with Crippen LogP contribution in [-0.4, -0.2) is 56.8 Å². The lowest BCUT2D eigenvalue weighted by atomic mass is 10.0. The van der Waals surface area contributed by atoms with Gasteiger partial charge in [0.15, 0.2) is 0 Å². The Labute approximate surface area is 112 Å². The van der Waals surface area contributed by atoms with Crippen molar-refractivity contribution >= 4 is 10.2 Å². The molecular weight excluding hydrogens is 250 g/mol. The normalized spacial score (nSPS) is 22.2. The molecule has 0 aromatic heterocycles. The highest BCUT2D eigenvalue weighted by Crippen LogP contribution is 2.27. The van der Waals surface area contributed by atoms with Gasteiger partial charge in [-0.3, -0.25) is 0 Å². The van der Waals surface area contributed by atoms with Crippen LogP contribution in [0.4, 0.5) is 0 Å². The van der Waals surface area contributed by atoms with Crippen LogP contribution in [0.15, 0.2) is 0 Å². The van der Waals surface area contributed by atoms with Crippen LogP contribution < -0.4 is 5.32 Å². The van der Waals surface area contributed by atoms with Gasteiger partial charge in [0.25, 0.3) is 10.2 Å². The summed E-state index contributed by atoms with van der Waals surface area (Å²) < 4.78 is 28.1. The molecule has 1 saturated heterocycles. The van der Waals surface area contributed by atoms with Gasteiger partial charge in [0.05, 0.1) is 0 Å². The Morgan fingerprint density at radius 3 is 2.67 bits per heavy atom. The Bertz CT molecular complexity index is 343. The quantitative estimate of drug-likeness (QED) is 0.703. The number of rotatable bonds is 7. The molecule has 0 aromatic rings. The molecule has 1 atom stereocenters. The molecule has 1 aliphatic rings. The molecular formula is C12H27N3O2S. The van der Waals surface area contributed by atoms with Crippen molar-refractivity contribution in [3.05, 3.63) is 0 Å². The first-order valence-corrected chi connectivity index (χ1v) is 8.18. The van der Waals surface area contributed by atoms with Gasteiger partial charge in [-0.05, 0) is 38.8 Å². The van der Waals surface area contributed by atoms with Crippen LogP contribution in [0, 0.1) is 5.92 Å². The molecule has 108 valence electrons. The van der Waals surface area contributed by atoms with Crippen LogP contribution in [0.2, 0.25) is 0 Å². The second-order valence-corrected chi connectivity index (χ2v) is 7.34. The van der Waals surface area contributed by atoms with Gasteiger partial charge in [-0.2, -0.15) is 17.0 Å². The van der Waals surface area contributed by atoms with Crippen molar-refractivity contribution in [1.29, 1.82) is 0 Å². The van der Waals surface area contributed by atoms with E-state index in [-0.39, 0.29) is 6.04 Å². The highest BCUT2D eigenvalue weighted by Gasteiger charge is 2.37. The molecule has 0 radical (unpaired) electrons. The zero-order valence-electron chi connectivity index (χ0n) is 12.0. The Balaban J connectivity index is 2.67. The monoisotopic (exact) mass is 277 g/mol. The standard InChI is InChI=1S/C12H27N3O2S/c1-11(2)12-7-5-10-15(12)18(16,17)14(4)9-6-8-13-3/h11-13H,5-10H2,1-4H3. The third-order valence-electron chi connectivity index (χ3n) is 3.61. The van der Waals surface area contributed by atoms with Gasteiger partial charge in [0.1, 0.15) is 0 Å². The maximum absolute atomic E-state index is 12.5. The van der Waals surface area contributed by atoms with Crippen LogP contribution in [0.3, 0.4) is 0 Å². The number of nitrogens with one attached hydrogen (secondary N) is 1. The van der Waals surface area contributed by atoms with Crippen molar-refractivity contribution in [3.63, 3.8) is 0 Å². The van der Waals surface area contributed by atoms with Crippen LogP contribution in [0.5, 0.6) is 0 Å². The van der Waals surface area contributed by atoms with Gasteiger partial charge >= 0.3 is 0 Å². The van der Waals surface area contributed by atoms with Gasteiger partial charge in [0, 0.05) is 26.2 Å².